The predicted molar refractivity (Wildman–Crippen MR) is 81.9 cm³/mol. The zero-order valence-corrected chi connectivity index (χ0v) is 13.0. The molecule has 0 radical (unpaired) electrons. The Bertz CT molecular complexity index is 479. The van der Waals surface area contributed by atoms with Gasteiger partial charge in [-0.15, -0.1) is 0 Å². The molecule has 18 heavy (non-hydrogen) atoms. The molecular weight excluding hydrogens is 308 g/mol. The van der Waals surface area contributed by atoms with Crippen molar-refractivity contribution in [3.8, 4) is 5.75 Å². The molecule has 2 rings (SSSR count). The van der Waals surface area contributed by atoms with Gasteiger partial charge in [-0.25, -0.2) is 0 Å². The maximum absolute atomic E-state index is 5.72. The molecule has 1 aromatic carbocycles. The van der Waals surface area contributed by atoms with Gasteiger partial charge in [-0.05, 0) is 60.4 Å². The number of ether oxygens (including phenoxy) is 1. The van der Waals surface area contributed by atoms with E-state index in [0.29, 0.717) is 4.83 Å². The lowest BCUT2D eigenvalue weighted by Crippen LogP contribution is -2.06. The smallest absolute Gasteiger partial charge is 0.119 e. The molecule has 0 spiro atoms. The van der Waals surface area contributed by atoms with E-state index >= 15 is 0 Å². The van der Waals surface area contributed by atoms with Gasteiger partial charge in [0.25, 0.3) is 0 Å². The van der Waals surface area contributed by atoms with Crippen LogP contribution in [0.3, 0.4) is 0 Å². The minimum Gasteiger partial charge on any atom is -0.491 e. The molecule has 0 bridgehead atoms. The summed E-state index contributed by atoms with van der Waals surface area (Å²) < 4.78 is 5.72. The first-order valence-corrected chi connectivity index (χ1v) is 7.93. The van der Waals surface area contributed by atoms with Crippen molar-refractivity contribution in [1.82, 2.24) is 0 Å². The van der Waals surface area contributed by atoms with Crippen molar-refractivity contribution in [1.29, 1.82) is 0 Å². The molecule has 96 valence electrons. The molecule has 0 saturated heterocycles. The molecule has 1 unspecified atom stereocenters. The molecule has 2 aromatic rings. The van der Waals surface area contributed by atoms with Crippen molar-refractivity contribution >= 4 is 27.3 Å². The summed E-state index contributed by atoms with van der Waals surface area (Å²) in [7, 11) is 0. The molecule has 0 fully saturated rings. The van der Waals surface area contributed by atoms with Crippen molar-refractivity contribution in [3.05, 3.63) is 52.2 Å². The quantitative estimate of drug-likeness (QED) is 0.685. The Labute approximate surface area is 121 Å². The average molecular weight is 325 g/mol. The van der Waals surface area contributed by atoms with Gasteiger partial charge < -0.3 is 4.74 Å². The van der Waals surface area contributed by atoms with Gasteiger partial charge in [0, 0.05) is 4.83 Å². The summed E-state index contributed by atoms with van der Waals surface area (Å²) in [6.07, 6.45) is 1.22. The third-order valence-electron chi connectivity index (χ3n) is 2.59. The van der Waals surface area contributed by atoms with Crippen LogP contribution in [0.2, 0.25) is 0 Å². The number of rotatable bonds is 5. The highest BCUT2D eigenvalue weighted by Crippen LogP contribution is 2.30. The van der Waals surface area contributed by atoms with Crippen LogP contribution in [-0.2, 0) is 6.42 Å². The summed E-state index contributed by atoms with van der Waals surface area (Å²) in [5.74, 6) is 0.942. The second-order valence-electron chi connectivity index (χ2n) is 4.54. The molecule has 1 nitrogen and oxygen atoms in total. The van der Waals surface area contributed by atoms with Gasteiger partial charge in [-0.1, -0.05) is 28.1 Å². The highest BCUT2D eigenvalue weighted by molar-refractivity contribution is 9.09. The van der Waals surface area contributed by atoms with Crippen molar-refractivity contribution < 1.29 is 4.74 Å². The highest BCUT2D eigenvalue weighted by Gasteiger charge is 2.10. The Morgan fingerprint density at radius 3 is 2.78 bits per heavy atom. The van der Waals surface area contributed by atoms with Crippen LogP contribution in [0.1, 0.15) is 29.8 Å². The first-order valence-electron chi connectivity index (χ1n) is 6.07. The van der Waals surface area contributed by atoms with E-state index in [1.54, 1.807) is 11.3 Å². The molecule has 0 aliphatic heterocycles. The minimum absolute atomic E-state index is 0.214. The van der Waals surface area contributed by atoms with Crippen LogP contribution in [0.5, 0.6) is 5.75 Å². The lowest BCUT2D eigenvalue weighted by atomic mass is 10.1. The van der Waals surface area contributed by atoms with Crippen LogP contribution in [0, 0.1) is 0 Å². The van der Waals surface area contributed by atoms with Gasteiger partial charge in [0.1, 0.15) is 5.75 Å². The lowest BCUT2D eigenvalue weighted by Gasteiger charge is -2.13. The first kappa shape index (κ1) is 13.6. The lowest BCUT2D eigenvalue weighted by molar-refractivity contribution is 0.242. The van der Waals surface area contributed by atoms with E-state index in [0.717, 1.165) is 12.2 Å². The largest absolute Gasteiger partial charge is 0.491 e. The topological polar surface area (TPSA) is 9.23 Å². The maximum Gasteiger partial charge on any atom is 0.119 e. The summed E-state index contributed by atoms with van der Waals surface area (Å²) >= 11 is 5.50. The van der Waals surface area contributed by atoms with E-state index in [1.165, 1.54) is 11.1 Å². The van der Waals surface area contributed by atoms with E-state index in [-0.39, 0.29) is 6.10 Å². The summed E-state index contributed by atoms with van der Waals surface area (Å²) in [4.78, 5) is 0.336. The van der Waals surface area contributed by atoms with Crippen LogP contribution in [0.15, 0.2) is 41.1 Å². The maximum atomic E-state index is 5.72. The SMILES string of the molecule is CC(C)Oc1cccc(C(Br)Cc2ccsc2)c1. The molecule has 0 saturated carbocycles. The second kappa shape index (κ2) is 6.39. The summed E-state index contributed by atoms with van der Waals surface area (Å²) in [5.41, 5.74) is 2.64. The van der Waals surface area contributed by atoms with Crippen LogP contribution in [0.4, 0.5) is 0 Å². The molecular formula is C15H17BrOS. The van der Waals surface area contributed by atoms with E-state index in [4.69, 9.17) is 4.74 Å². The zero-order valence-electron chi connectivity index (χ0n) is 10.6. The van der Waals surface area contributed by atoms with Gasteiger partial charge in [0.15, 0.2) is 0 Å². The minimum atomic E-state index is 0.214. The summed E-state index contributed by atoms with van der Waals surface area (Å²) in [6.45, 7) is 4.09. The molecule has 0 aliphatic rings. The molecule has 1 atom stereocenters. The molecule has 3 heteroatoms. The van der Waals surface area contributed by atoms with E-state index in [9.17, 15) is 0 Å². The van der Waals surface area contributed by atoms with Gasteiger partial charge in [0.05, 0.1) is 6.10 Å². The zero-order chi connectivity index (χ0) is 13.0. The number of hydrogen-bond acceptors (Lipinski definition) is 2. The molecule has 0 amide bonds. The fourth-order valence-corrected chi connectivity index (χ4v) is 3.13. The third kappa shape index (κ3) is 3.85. The first-order chi connectivity index (χ1) is 8.65. The number of hydrogen-bond donors (Lipinski definition) is 0. The van der Waals surface area contributed by atoms with Gasteiger partial charge in [-0.3, -0.25) is 0 Å². The predicted octanol–water partition coefficient (Wildman–Crippen LogP) is 5.21. The van der Waals surface area contributed by atoms with Crippen molar-refractivity contribution in [3.63, 3.8) is 0 Å². The Kier molecular flexibility index (Phi) is 4.84. The number of alkyl halides is 1. The van der Waals surface area contributed by atoms with Crippen molar-refractivity contribution in [2.24, 2.45) is 0 Å². The Morgan fingerprint density at radius 1 is 1.28 bits per heavy atom. The van der Waals surface area contributed by atoms with Gasteiger partial charge >= 0.3 is 0 Å². The van der Waals surface area contributed by atoms with E-state index in [1.807, 2.05) is 19.9 Å². The van der Waals surface area contributed by atoms with Crippen LogP contribution < -0.4 is 4.74 Å². The molecule has 0 aliphatic carbocycles. The monoisotopic (exact) mass is 324 g/mol. The standard InChI is InChI=1S/C15H17BrOS/c1-11(2)17-14-5-3-4-13(9-14)15(16)8-12-6-7-18-10-12/h3-7,9-11,15H,8H2,1-2H3. The molecule has 1 heterocycles. The van der Waals surface area contributed by atoms with Crippen LogP contribution >= 0.6 is 27.3 Å². The number of benzene rings is 1. The normalized spacial score (nSPS) is 12.7. The summed E-state index contributed by atoms with van der Waals surface area (Å²) in [5, 5.41) is 4.32. The van der Waals surface area contributed by atoms with Gasteiger partial charge in [-0.2, -0.15) is 11.3 Å². The van der Waals surface area contributed by atoms with Crippen LogP contribution in [0.25, 0.3) is 0 Å². The Balaban J connectivity index is 2.07. The van der Waals surface area contributed by atoms with Crippen molar-refractivity contribution in [2.75, 3.05) is 0 Å². The molecule has 0 N–H and O–H groups in total. The fraction of sp³-hybridized carbons (Fsp3) is 0.333. The second-order valence-corrected chi connectivity index (χ2v) is 6.43. The van der Waals surface area contributed by atoms with E-state index < -0.39 is 0 Å². The third-order valence-corrected chi connectivity index (χ3v) is 4.17. The summed E-state index contributed by atoms with van der Waals surface area (Å²) in [6, 6.07) is 10.5. The average Bonchev–Trinajstić information content (AvgIpc) is 2.81. The highest BCUT2D eigenvalue weighted by atomic mass is 79.9. The number of thiophene rings is 1. The molecule has 1 aromatic heterocycles. The van der Waals surface area contributed by atoms with E-state index in [2.05, 4.69) is 51.0 Å². The van der Waals surface area contributed by atoms with Crippen molar-refractivity contribution in [2.45, 2.75) is 31.2 Å². The fourth-order valence-electron chi connectivity index (χ4n) is 1.79. The number of halogens is 1. The Morgan fingerprint density at radius 2 is 2.11 bits per heavy atom. The van der Waals surface area contributed by atoms with Crippen LogP contribution in [-0.4, -0.2) is 6.10 Å². The van der Waals surface area contributed by atoms with Gasteiger partial charge in [0.2, 0.25) is 0 Å². The Hall–Kier alpha value is -0.800.